The standard InChI is InChI=1S/C17H34N2O2/c1-4-6-7-8-9-10-16(15-17(20)21-5-2)19-13-11-18(3)12-14-19/h16H,4-15H2,1-3H3. The summed E-state index contributed by atoms with van der Waals surface area (Å²) < 4.78 is 5.15. The highest BCUT2D eigenvalue weighted by Crippen LogP contribution is 2.17. The van der Waals surface area contributed by atoms with Gasteiger partial charge in [0.2, 0.25) is 0 Å². The third-order valence-corrected chi connectivity index (χ3v) is 4.40. The maximum atomic E-state index is 11.8. The van der Waals surface area contributed by atoms with Gasteiger partial charge in [-0.1, -0.05) is 39.0 Å². The summed E-state index contributed by atoms with van der Waals surface area (Å²) in [5.41, 5.74) is 0. The number of hydrogen-bond donors (Lipinski definition) is 0. The number of unbranched alkanes of at least 4 members (excludes halogenated alkanes) is 4. The summed E-state index contributed by atoms with van der Waals surface area (Å²) in [6.07, 6.45) is 8.15. The Kier molecular flexibility index (Phi) is 9.68. The van der Waals surface area contributed by atoms with Crippen LogP contribution in [0.15, 0.2) is 0 Å². The van der Waals surface area contributed by atoms with Gasteiger partial charge in [-0.3, -0.25) is 9.69 Å². The Balaban J connectivity index is 2.39. The Morgan fingerprint density at radius 3 is 2.33 bits per heavy atom. The Labute approximate surface area is 130 Å². The summed E-state index contributed by atoms with van der Waals surface area (Å²) in [5.74, 6) is -0.0324. The monoisotopic (exact) mass is 298 g/mol. The molecule has 1 aliphatic heterocycles. The molecule has 0 radical (unpaired) electrons. The molecule has 0 aromatic heterocycles. The fourth-order valence-electron chi connectivity index (χ4n) is 3.00. The smallest absolute Gasteiger partial charge is 0.307 e. The van der Waals surface area contributed by atoms with Gasteiger partial charge in [0.15, 0.2) is 0 Å². The number of esters is 1. The van der Waals surface area contributed by atoms with Gasteiger partial charge in [0.1, 0.15) is 0 Å². The van der Waals surface area contributed by atoms with Gasteiger partial charge in [-0.15, -0.1) is 0 Å². The molecule has 0 spiro atoms. The van der Waals surface area contributed by atoms with Crippen LogP contribution in [0, 0.1) is 0 Å². The Morgan fingerprint density at radius 2 is 1.71 bits per heavy atom. The lowest BCUT2D eigenvalue weighted by atomic mass is 10.0. The van der Waals surface area contributed by atoms with Crippen LogP contribution in [-0.2, 0) is 9.53 Å². The first-order chi connectivity index (χ1) is 10.2. The first kappa shape index (κ1) is 18.4. The minimum Gasteiger partial charge on any atom is -0.466 e. The van der Waals surface area contributed by atoms with E-state index in [2.05, 4.69) is 23.8 Å². The quantitative estimate of drug-likeness (QED) is 0.458. The fraction of sp³-hybridized carbons (Fsp3) is 0.941. The summed E-state index contributed by atoms with van der Waals surface area (Å²) in [6, 6.07) is 0.374. The normalized spacial score (nSPS) is 18.6. The van der Waals surface area contributed by atoms with Crippen LogP contribution in [0.5, 0.6) is 0 Å². The summed E-state index contributed by atoms with van der Waals surface area (Å²) in [5, 5.41) is 0. The number of ether oxygens (including phenoxy) is 1. The molecule has 0 aromatic carbocycles. The minimum atomic E-state index is -0.0324. The number of carbonyl (C=O) groups excluding carboxylic acids is 1. The van der Waals surface area contributed by atoms with E-state index >= 15 is 0 Å². The SMILES string of the molecule is CCCCCCCC(CC(=O)OCC)N1CCN(C)CC1. The summed E-state index contributed by atoms with van der Waals surface area (Å²) in [6.45, 7) is 8.99. The van der Waals surface area contributed by atoms with Gasteiger partial charge in [0.05, 0.1) is 13.0 Å². The van der Waals surface area contributed by atoms with Crippen LogP contribution in [0.3, 0.4) is 0 Å². The average molecular weight is 298 g/mol. The zero-order valence-corrected chi connectivity index (χ0v) is 14.3. The first-order valence-electron chi connectivity index (χ1n) is 8.75. The predicted octanol–water partition coefficient (Wildman–Crippen LogP) is 2.92. The number of carbonyl (C=O) groups is 1. The van der Waals surface area contributed by atoms with Crippen LogP contribution in [0.4, 0.5) is 0 Å². The molecule has 4 nitrogen and oxygen atoms in total. The number of nitrogens with zero attached hydrogens (tertiary/aromatic N) is 2. The molecule has 1 heterocycles. The van der Waals surface area contributed by atoms with E-state index in [1.807, 2.05) is 6.92 Å². The van der Waals surface area contributed by atoms with Crippen LogP contribution < -0.4 is 0 Å². The number of piperazine rings is 1. The van der Waals surface area contributed by atoms with E-state index in [1.165, 1.54) is 32.1 Å². The molecule has 1 aliphatic rings. The molecule has 1 unspecified atom stereocenters. The summed E-state index contributed by atoms with van der Waals surface area (Å²) >= 11 is 0. The van der Waals surface area contributed by atoms with E-state index in [1.54, 1.807) is 0 Å². The van der Waals surface area contributed by atoms with E-state index in [-0.39, 0.29) is 5.97 Å². The minimum absolute atomic E-state index is 0.0324. The Morgan fingerprint density at radius 1 is 1.05 bits per heavy atom. The Bertz CT molecular complexity index is 276. The summed E-state index contributed by atoms with van der Waals surface area (Å²) in [7, 11) is 2.17. The zero-order chi connectivity index (χ0) is 15.5. The second-order valence-corrected chi connectivity index (χ2v) is 6.21. The van der Waals surface area contributed by atoms with Crippen LogP contribution in [0.2, 0.25) is 0 Å². The van der Waals surface area contributed by atoms with E-state index in [9.17, 15) is 4.79 Å². The molecule has 0 aromatic rings. The van der Waals surface area contributed by atoms with Crippen molar-refractivity contribution in [2.45, 2.75) is 64.8 Å². The third-order valence-electron chi connectivity index (χ3n) is 4.40. The van der Waals surface area contributed by atoms with Gasteiger partial charge >= 0.3 is 5.97 Å². The molecule has 1 fully saturated rings. The lowest BCUT2D eigenvalue weighted by Crippen LogP contribution is -2.49. The summed E-state index contributed by atoms with van der Waals surface area (Å²) in [4.78, 5) is 16.7. The second kappa shape index (κ2) is 11.0. The first-order valence-corrected chi connectivity index (χ1v) is 8.75. The van der Waals surface area contributed by atoms with Crippen molar-refractivity contribution in [2.75, 3.05) is 39.8 Å². The molecular weight excluding hydrogens is 264 g/mol. The number of hydrogen-bond acceptors (Lipinski definition) is 4. The van der Waals surface area contributed by atoms with E-state index < -0.39 is 0 Å². The molecule has 124 valence electrons. The van der Waals surface area contributed by atoms with Crippen LogP contribution in [0.25, 0.3) is 0 Å². The van der Waals surface area contributed by atoms with Crippen molar-refractivity contribution in [1.29, 1.82) is 0 Å². The van der Waals surface area contributed by atoms with Crippen molar-refractivity contribution in [1.82, 2.24) is 9.80 Å². The van der Waals surface area contributed by atoms with Crippen molar-refractivity contribution in [3.05, 3.63) is 0 Å². The second-order valence-electron chi connectivity index (χ2n) is 6.21. The largest absolute Gasteiger partial charge is 0.466 e. The van der Waals surface area contributed by atoms with Crippen molar-refractivity contribution in [3.8, 4) is 0 Å². The maximum absolute atomic E-state index is 11.8. The fourth-order valence-corrected chi connectivity index (χ4v) is 3.00. The highest BCUT2D eigenvalue weighted by atomic mass is 16.5. The molecule has 1 saturated heterocycles. The molecule has 0 bridgehead atoms. The lowest BCUT2D eigenvalue weighted by Gasteiger charge is -2.37. The van der Waals surface area contributed by atoms with E-state index in [0.717, 1.165) is 32.6 Å². The predicted molar refractivity (Wildman–Crippen MR) is 87.5 cm³/mol. The molecule has 0 saturated carbocycles. The van der Waals surface area contributed by atoms with Gasteiger partial charge < -0.3 is 9.64 Å². The molecule has 0 amide bonds. The molecule has 0 aliphatic carbocycles. The molecule has 0 N–H and O–H groups in total. The molecule has 1 atom stereocenters. The average Bonchev–Trinajstić information content (AvgIpc) is 2.47. The number of likely N-dealkylation sites (N-methyl/N-ethyl adjacent to an activating group) is 1. The van der Waals surface area contributed by atoms with E-state index in [4.69, 9.17) is 4.74 Å². The van der Waals surface area contributed by atoms with Crippen molar-refractivity contribution >= 4 is 5.97 Å². The van der Waals surface area contributed by atoms with Crippen LogP contribution in [-0.4, -0.2) is 61.6 Å². The Hall–Kier alpha value is -0.610. The molecule has 21 heavy (non-hydrogen) atoms. The number of rotatable bonds is 10. The lowest BCUT2D eigenvalue weighted by molar-refractivity contribution is -0.144. The maximum Gasteiger partial charge on any atom is 0.307 e. The molecular formula is C17H34N2O2. The topological polar surface area (TPSA) is 32.8 Å². The van der Waals surface area contributed by atoms with Gasteiger partial charge in [-0.05, 0) is 20.4 Å². The van der Waals surface area contributed by atoms with Gasteiger partial charge in [0, 0.05) is 32.2 Å². The molecule has 1 rings (SSSR count). The van der Waals surface area contributed by atoms with Crippen molar-refractivity contribution in [3.63, 3.8) is 0 Å². The molecule has 4 heteroatoms. The third kappa shape index (κ3) is 7.82. The van der Waals surface area contributed by atoms with Gasteiger partial charge in [0.25, 0.3) is 0 Å². The van der Waals surface area contributed by atoms with Gasteiger partial charge in [-0.2, -0.15) is 0 Å². The van der Waals surface area contributed by atoms with Crippen molar-refractivity contribution < 1.29 is 9.53 Å². The zero-order valence-electron chi connectivity index (χ0n) is 14.3. The van der Waals surface area contributed by atoms with Gasteiger partial charge in [-0.25, -0.2) is 0 Å². The van der Waals surface area contributed by atoms with E-state index in [0.29, 0.717) is 19.1 Å². The van der Waals surface area contributed by atoms with Crippen LogP contribution >= 0.6 is 0 Å². The van der Waals surface area contributed by atoms with Crippen molar-refractivity contribution in [2.24, 2.45) is 0 Å². The highest BCUT2D eigenvalue weighted by Gasteiger charge is 2.24. The highest BCUT2D eigenvalue weighted by molar-refractivity contribution is 5.70. The van der Waals surface area contributed by atoms with Crippen LogP contribution in [0.1, 0.15) is 58.8 Å².